The highest BCUT2D eigenvalue weighted by molar-refractivity contribution is 7.17. The van der Waals surface area contributed by atoms with Gasteiger partial charge >= 0.3 is 5.69 Å². The molecule has 0 amide bonds. The van der Waals surface area contributed by atoms with Gasteiger partial charge in [-0.2, -0.15) is 5.10 Å². The lowest BCUT2D eigenvalue weighted by molar-refractivity contribution is 0.202. The first-order chi connectivity index (χ1) is 13.7. The highest BCUT2D eigenvalue weighted by atomic mass is 32.1. The minimum absolute atomic E-state index is 0.0570. The lowest BCUT2D eigenvalue weighted by Crippen LogP contribution is -2.37. The number of halogens is 1. The molecular weight excluding hydrogens is 375 g/mol. The van der Waals surface area contributed by atoms with E-state index in [1.807, 2.05) is 10.6 Å². The Balaban J connectivity index is 1.21. The van der Waals surface area contributed by atoms with Crippen LogP contribution in [0, 0.1) is 5.82 Å². The van der Waals surface area contributed by atoms with Gasteiger partial charge < -0.3 is 4.90 Å². The normalized spacial score (nSPS) is 18.6. The van der Waals surface area contributed by atoms with Gasteiger partial charge in [0.2, 0.25) is 0 Å². The van der Waals surface area contributed by atoms with Crippen LogP contribution < -0.4 is 5.69 Å². The number of benzene rings is 1. The van der Waals surface area contributed by atoms with E-state index in [1.165, 1.54) is 10.9 Å². The van der Waals surface area contributed by atoms with Gasteiger partial charge in [0.05, 0.1) is 6.54 Å². The number of likely N-dealkylation sites (tertiary alicyclic amines) is 1. The molecule has 0 bridgehead atoms. The van der Waals surface area contributed by atoms with Crippen molar-refractivity contribution in [2.24, 2.45) is 0 Å². The summed E-state index contributed by atoms with van der Waals surface area (Å²) in [4.78, 5) is 14.9. The lowest BCUT2D eigenvalue weighted by Gasteiger charge is -2.31. The molecule has 1 saturated heterocycles. The number of piperidine rings is 1. The van der Waals surface area contributed by atoms with E-state index in [9.17, 15) is 9.18 Å². The van der Waals surface area contributed by atoms with Gasteiger partial charge in [-0.1, -0.05) is 6.07 Å². The number of fused-ring (bicyclic) bond motifs is 2. The molecule has 0 radical (unpaired) electrons. The van der Waals surface area contributed by atoms with Crippen molar-refractivity contribution >= 4 is 21.4 Å². The zero-order valence-corrected chi connectivity index (χ0v) is 16.8. The molecule has 148 valence electrons. The molecule has 0 saturated carbocycles. The summed E-state index contributed by atoms with van der Waals surface area (Å²) in [5.41, 5.74) is 1.43. The van der Waals surface area contributed by atoms with Gasteiger partial charge in [-0.05, 0) is 73.2 Å². The Bertz CT molecular complexity index is 1040. The standard InChI is InChI=1S/C21H25FN4OS/c22-16-4-5-17-18(14-28-19(17)13-16)15-6-9-24(10-7-15)11-12-26-21(27)25-8-2-1-3-20(25)23-26/h4-5,13-15H,1-3,6-12H2. The Morgan fingerprint density at radius 2 is 2.00 bits per heavy atom. The average Bonchev–Trinajstić information content (AvgIpc) is 3.28. The van der Waals surface area contributed by atoms with Gasteiger partial charge in [0.15, 0.2) is 0 Å². The van der Waals surface area contributed by atoms with E-state index in [4.69, 9.17) is 0 Å². The molecular formula is C21H25FN4OS. The number of hydrogen-bond acceptors (Lipinski definition) is 4. The molecule has 0 N–H and O–H groups in total. The van der Waals surface area contributed by atoms with Gasteiger partial charge in [-0.15, -0.1) is 11.3 Å². The van der Waals surface area contributed by atoms with Crippen LogP contribution in [0.15, 0.2) is 28.4 Å². The van der Waals surface area contributed by atoms with Crippen LogP contribution in [-0.2, 0) is 19.5 Å². The average molecular weight is 401 g/mol. The molecule has 0 unspecified atom stereocenters. The number of nitrogens with zero attached hydrogens (tertiary/aromatic N) is 4. The molecule has 0 spiro atoms. The Morgan fingerprint density at radius 3 is 2.82 bits per heavy atom. The number of aryl methyl sites for hydroxylation is 1. The Labute approximate surface area is 167 Å². The highest BCUT2D eigenvalue weighted by Gasteiger charge is 2.23. The van der Waals surface area contributed by atoms with Crippen molar-refractivity contribution in [2.45, 2.75) is 51.1 Å². The van der Waals surface area contributed by atoms with Crippen molar-refractivity contribution in [2.75, 3.05) is 19.6 Å². The fourth-order valence-corrected chi connectivity index (χ4v) is 5.70. The maximum absolute atomic E-state index is 13.4. The fourth-order valence-electron chi connectivity index (χ4n) is 4.64. The monoisotopic (exact) mass is 400 g/mol. The zero-order valence-electron chi connectivity index (χ0n) is 15.9. The van der Waals surface area contributed by atoms with Gasteiger partial charge in [0.1, 0.15) is 11.6 Å². The van der Waals surface area contributed by atoms with Crippen LogP contribution in [0.5, 0.6) is 0 Å². The van der Waals surface area contributed by atoms with E-state index in [2.05, 4.69) is 15.4 Å². The van der Waals surface area contributed by atoms with Crippen LogP contribution in [0.4, 0.5) is 4.39 Å². The van der Waals surface area contributed by atoms with E-state index >= 15 is 0 Å². The second-order valence-electron chi connectivity index (χ2n) is 7.98. The summed E-state index contributed by atoms with van der Waals surface area (Å²) in [5.74, 6) is 1.33. The summed E-state index contributed by atoms with van der Waals surface area (Å²) in [6.45, 7) is 4.43. The Morgan fingerprint density at radius 1 is 1.14 bits per heavy atom. The molecule has 2 aliphatic heterocycles. The van der Waals surface area contributed by atoms with E-state index in [0.29, 0.717) is 12.5 Å². The van der Waals surface area contributed by atoms with Crippen molar-refractivity contribution in [3.05, 3.63) is 51.3 Å². The third kappa shape index (κ3) is 3.31. The molecule has 7 heteroatoms. The highest BCUT2D eigenvalue weighted by Crippen LogP contribution is 2.36. The van der Waals surface area contributed by atoms with Crippen molar-refractivity contribution in [1.82, 2.24) is 19.2 Å². The van der Waals surface area contributed by atoms with Crippen LogP contribution in [-0.4, -0.2) is 38.9 Å². The van der Waals surface area contributed by atoms with E-state index in [-0.39, 0.29) is 11.5 Å². The summed E-state index contributed by atoms with van der Waals surface area (Å²) in [7, 11) is 0. The fraction of sp³-hybridized carbons (Fsp3) is 0.524. The quantitative estimate of drug-likeness (QED) is 0.672. The van der Waals surface area contributed by atoms with Gasteiger partial charge in [0, 0.05) is 24.2 Å². The maximum atomic E-state index is 13.4. The summed E-state index contributed by atoms with van der Waals surface area (Å²) >= 11 is 1.64. The van der Waals surface area contributed by atoms with Gasteiger partial charge in [0.25, 0.3) is 0 Å². The first-order valence-electron chi connectivity index (χ1n) is 10.2. The van der Waals surface area contributed by atoms with E-state index in [1.54, 1.807) is 28.2 Å². The predicted molar refractivity (Wildman–Crippen MR) is 110 cm³/mol. The number of rotatable bonds is 4. The zero-order chi connectivity index (χ0) is 19.1. The smallest absolute Gasteiger partial charge is 0.301 e. The second-order valence-corrected chi connectivity index (χ2v) is 8.89. The predicted octanol–water partition coefficient (Wildman–Crippen LogP) is 3.61. The van der Waals surface area contributed by atoms with Crippen LogP contribution in [0.25, 0.3) is 10.1 Å². The molecule has 0 atom stereocenters. The number of hydrogen-bond donors (Lipinski definition) is 0. The van der Waals surface area contributed by atoms with Crippen molar-refractivity contribution in [3.8, 4) is 0 Å². The SMILES string of the molecule is O=c1n(CCN2CCC(c3csc4cc(F)ccc34)CC2)nc2n1CCCC2. The first kappa shape index (κ1) is 18.1. The Kier molecular flexibility index (Phi) is 4.80. The summed E-state index contributed by atoms with van der Waals surface area (Å²) in [6, 6.07) is 5.13. The van der Waals surface area contributed by atoms with Crippen molar-refractivity contribution in [3.63, 3.8) is 0 Å². The van der Waals surface area contributed by atoms with Crippen LogP contribution in [0.2, 0.25) is 0 Å². The third-order valence-electron chi connectivity index (χ3n) is 6.25. The lowest BCUT2D eigenvalue weighted by atomic mass is 9.89. The van der Waals surface area contributed by atoms with Crippen LogP contribution >= 0.6 is 11.3 Å². The molecule has 1 aromatic carbocycles. The summed E-state index contributed by atoms with van der Waals surface area (Å²) < 4.78 is 18.0. The largest absolute Gasteiger partial charge is 0.345 e. The van der Waals surface area contributed by atoms with Crippen LogP contribution in [0.1, 0.15) is 43.0 Å². The molecule has 3 aromatic rings. The van der Waals surface area contributed by atoms with E-state index < -0.39 is 0 Å². The minimum atomic E-state index is -0.160. The molecule has 4 heterocycles. The minimum Gasteiger partial charge on any atom is -0.301 e. The summed E-state index contributed by atoms with van der Waals surface area (Å²) in [6.07, 6.45) is 5.35. The third-order valence-corrected chi connectivity index (χ3v) is 7.22. The molecule has 2 aromatic heterocycles. The van der Waals surface area contributed by atoms with E-state index in [0.717, 1.165) is 68.8 Å². The molecule has 5 rings (SSSR count). The Hall–Kier alpha value is -1.99. The van der Waals surface area contributed by atoms with Crippen molar-refractivity contribution < 1.29 is 4.39 Å². The maximum Gasteiger partial charge on any atom is 0.345 e. The number of thiophene rings is 1. The number of aromatic nitrogens is 3. The topological polar surface area (TPSA) is 43.1 Å². The molecule has 0 aliphatic carbocycles. The molecule has 1 fully saturated rings. The van der Waals surface area contributed by atoms with Crippen molar-refractivity contribution in [1.29, 1.82) is 0 Å². The first-order valence-corrected chi connectivity index (χ1v) is 11.1. The van der Waals surface area contributed by atoms with Gasteiger partial charge in [-0.25, -0.2) is 13.9 Å². The molecule has 28 heavy (non-hydrogen) atoms. The van der Waals surface area contributed by atoms with Crippen LogP contribution in [0.3, 0.4) is 0 Å². The molecule has 5 nitrogen and oxygen atoms in total. The summed E-state index contributed by atoms with van der Waals surface area (Å²) in [5, 5.41) is 7.96. The van der Waals surface area contributed by atoms with Gasteiger partial charge in [-0.3, -0.25) is 4.57 Å². The molecule has 2 aliphatic rings. The second kappa shape index (κ2) is 7.44.